The van der Waals surface area contributed by atoms with E-state index in [1.165, 1.54) is 63.7 Å². The van der Waals surface area contributed by atoms with Gasteiger partial charge in [0, 0.05) is 0 Å². The van der Waals surface area contributed by atoms with Crippen LogP contribution in [0.4, 0.5) is 0 Å². The zero-order valence-electron chi connectivity index (χ0n) is 27.6. The fraction of sp³-hybridized carbons (Fsp3) is 0.436. The molecule has 0 unspecified atom stereocenters. The summed E-state index contributed by atoms with van der Waals surface area (Å²) in [6.07, 6.45) is 15.6. The van der Waals surface area contributed by atoms with Crippen molar-refractivity contribution in [3.05, 3.63) is 88.5 Å². The number of rotatable bonds is 0. The third kappa shape index (κ3) is 7.81. The molecule has 0 nitrogen and oxygen atoms in total. The van der Waals surface area contributed by atoms with E-state index in [9.17, 15) is 0 Å². The van der Waals surface area contributed by atoms with E-state index < -0.39 is 0 Å². The van der Waals surface area contributed by atoms with Gasteiger partial charge < -0.3 is 24.8 Å². The summed E-state index contributed by atoms with van der Waals surface area (Å²) in [4.78, 5) is 0. The molecule has 3 aliphatic rings. The van der Waals surface area contributed by atoms with Gasteiger partial charge in [0.1, 0.15) is 0 Å². The first-order valence-corrected chi connectivity index (χ1v) is 16.1. The zero-order chi connectivity index (χ0) is 29.6. The van der Waals surface area contributed by atoms with Crippen molar-refractivity contribution in [1.82, 2.24) is 0 Å². The van der Waals surface area contributed by atoms with E-state index in [1.807, 2.05) is 0 Å². The summed E-state index contributed by atoms with van der Waals surface area (Å²) in [7, 11) is 0. The molecule has 0 atom stereocenters. The maximum absolute atomic E-state index is 3.16. The molecule has 6 rings (SSSR count). The second-order valence-electron chi connectivity index (χ2n) is 14.5. The summed E-state index contributed by atoms with van der Waals surface area (Å²) in [6.45, 7) is 24.9. The molecule has 0 aromatic heterocycles. The van der Waals surface area contributed by atoms with Crippen molar-refractivity contribution < 1.29 is 49.0 Å². The van der Waals surface area contributed by atoms with Gasteiger partial charge in [0.15, 0.2) is 0 Å². The van der Waals surface area contributed by atoms with Crippen molar-refractivity contribution in [1.29, 1.82) is 0 Å². The van der Waals surface area contributed by atoms with E-state index >= 15 is 0 Å². The molecule has 0 saturated heterocycles. The molecule has 0 fully saturated rings. The minimum absolute atomic E-state index is 0. The van der Waals surface area contributed by atoms with Crippen LogP contribution in [0, 0.1) is 11.5 Å². The zero-order valence-corrected chi connectivity index (χ0v) is 31.5. The fourth-order valence-electron chi connectivity index (χ4n) is 6.05. The summed E-state index contributed by atoms with van der Waals surface area (Å²) in [6, 6.07) is 12.3. The number of benzene rings is 2. The monoisotopic (exact) mass is 676 g/mol. The van der Waals surface area contributed by atoms with Crippen LogP contribution in [-0.2, 0) is 35.1 Å². The van der Waals surface area contributed by atoms with Gasteiger partial charge >= 0.3 is 41.3 Å². The van der Waals surface area contributed by atoms with E-state index in [2.05, 4.69) is 137 Å². The Bertz CT molecular complexity index is 1500. The van der Waals surface area contributed by atoms with Crippen molar-refractivity contribution in [3.63, 3.8) is 0 Å². The Labute approximate surface area is 283 Å². The Hall–Kier alpha value is -1.40. The first-order valence-electron chi connectivity index (χ1n) is 14.9. The van der Waals surface area contributed by atoms with E-state index in [4.69, 9.17) is 0 Å². The predicted octanol–water partition coefficient (Wildman–Crippen LogP) is 5.36. The topological polar surface area (TPSA) is 0 Å². The van der Waals surface area contributed by atoms with Crippen molar-refractivity contribution in [2.75, 3.05) is 0 Å². The molecule has 224 valence electrons. The van der Waals surface area contributed by atoms with Crippen LogP contribution in [0.5, 0.6) is 0 Å². The van der Waals surface area contributed by atoms with E-state index in [0.717, 1.165) is 19.3 Å². The molecule has 3 aromatic carbocycles. The largest absolute Gasteiger partial charge is 1.00 e. The van der Waals surface area contributed by atoms with Crippen LogP contribution < -0.4 is 24.8 Å². The summed E-state index contributed by atoms with van der Waals surface area (Å²) < 4.78 is 1.51. The molecule has 0 N–H and O–H groups in total. The molecule has 3 aliphatic carbocycles. The Morgan fingerprint density at radius 3 is 1.48 bits per heavy atom. The van der Waals surface area contributed by atoms with Crippen molar-refractivity contribution in [3.8, 4) is 0 Å². The summed E-state index contributed by atoms with van der Waals surface area (Å²) in [5, 5.41) is 5.61. The molecule has 0 saturated carbocycles. The van der Waals surface area contributed by atoms with Crippen molar-refractivity contribution in [2.45, 2.75) is 106 Å². The van der Waals surface area contributed by atoms with Gasteiger partial charge in [-0.2, -0.15) is 11.6 Å². The van der Waals surface area contributed by atoms with Gasteiger partial charge in [-0.25, -0.2) is 6.08 Å². The number of allylic oxidation sites excluding steroid dienone is 8. The van der Waals surface area contributed by atoms with Crippen LogP contribution in [-0.4, -0.2) is 3.21 Å². The summed E-state index contributed by atoms with van der Waals surface area (Å²) in [5.74, 6) is 0. The molecular formula is C39H48Cl2Zr-2. The molecule has 3 heteroatoms. The third-order valence-corrected chi connectivity index (χ3v) is 8.69. The standard InChI is InChI=1S/C27H29.C9H13.C3H6.2ClH.Zr/c1-16-7-9-26(3,4)24-12-18-11-19-13-25-21(17(2)8-10-27(25,5)6)15-23(19)22(18)14-20(16)24;1-9(2,3)8-6-4-5-7-8;1-3-2;;;/h7-8,11-15H,9-10H2,1-6H3;6-7H,4H2,1-3H3;1-2H3;2*1H;/q2*-1;;;;+2/p-2. The minimum Gasteiger partial charge on any atom is -1.00 e. The molecule has 0 aliphatic heterocycles. The molecule has 42 heavy (non-hydrogen) atoms. The van der Waals surface area contributed by atoms with Gasteiger partial charge in [-0.1, -0.05) is 89.3 Å². The Morgan fingerprint density at radius 2 is 1.17 bits per heavy atom. The quantitative estimate of drug-likeness (QED) is 0.281. The molecular weight excluding hydrogens is 631 g/mol. The molecule has 0 amide bonds. The van der Waals surface area contributed by atoms with Gasteiger partial charge in [-0.05, 0) is 59.8 Å². The van der Waals surface area contributed by atoms with Gasteiger partial charge in [0.25, 0.3) is 0 Å². The number of fused-ring (bicyclic) bond motifs is 5. The summed E-state index contributed by atoms with van der Waals surface area (Å²) in [5.41, 5.74) is 10.9. The van der Waals surface area contributed by atoms with Crippen LogP contribution in [0.3, 0.4) is 0 Å². The first kappa shape index (κ1) is 36.8. The van der Waals surface area contributed by atoms with Crippen LogP contribution >= 0.6 is 0 Å². The fourth-order valence-corrected chi connectivity index (χ4v) is 6.05. The maximum atomic E-state index is 3.16. The Kier molecular flexibility index (Phi) is 12.0. The minimum atomic E-state index is 0. The maximum Gasteiger partial charge on any atom is -1.00 e. The smallest absolute Gasteiger partial charge is 1.00 e. The summed E-state index contributed by atoms with van der Waals surface area (Å²) >= 11 is 1.55. The van der Waals surface area contributed by atoms with Crippen LogP contribution in [0.2, 0.25) is 0 Å². The van der Waals surface area contributed by atoms with Crippen molar-refractivity contribution >= 4 is 35.9 Å². The van der Waals surface area contributed by atoms with E-state index in [1.54, 1.807) is 24.2 Å². The van der Waals surface area contributed by atoms with Gasteiger partial charge in [-0.3, -0.25) is 6.08 Å². The van der Waals surface area contributed by atoms with Crippen LogP contribution in [0.1, 0.15) is 118 Å². The second kappa shape index (κ2) is 13.7. The van der Waals surface area contributed by atoms with E-state index in [-0.39, 0.29) is 35.6 Å². The number of halogens is 2. The average Bonchev–Trinajstić information content (AvgIpc) is 3.51. The molecule has 0 heterocycles. The van der Waals surface area contributed by atoms with E-state index in [0.29, 0.717) is 5.41 Å². The average molecular weight is 679 g/mol. The SMILES string of the molecule is CC(C)(C)C1=CC[C-]=C1.CC1=CCC(C)(C)c2cc3[cH-]c4cc5c(cc4c3cc21)C(C)=CCC5(C)C.C[C](C)=[Zr+2].[Cl-].[Cl-]. The number of hydrogen-bond acceptors (Lipinski definition) is 0. The first-order chi connectivity index (χ1) is 18.5. The van der Waals surface area contributed by atoms with Crippen LogP contribution in [0.15, 0.2) is 60.2 Å². The molecule has 0 spiro atoms. The Morgan fingerprint density at radius 1 is 0.762 bits per heavy atom. The van der Waals surface area contributed by atoms with Gasteiger partial charge in [-0.15, -0.1) is 46.2 Å². The second-order valence-corrected chi connectivity index (χ2v) is 17.0. The van der Waals surface area contributed by atoms with Crippen LogP contribution in [0.25, 0.3) is 32.7 Å². The van der Waals surface area contributed by atoms with Gasteiger partial charge in [0.2, 0.25) is 0 Å². The van der Waals surface area contributed by atoms with Gasteiger partial charge in [0.05, 0.1) is 0 Å². The number of hydrogen-bond donors (Lipinski definition) is 0. The molecule has 3 aromatic rings. The Balaban J connectivity index is 0.000000347. The predicted molar refractivity (Wildman–Crippen MR) is 176 cm³/mol. The molecule has 0 bridgehead atoms. The van der Waals surface area contributed by atoms with Crippen molar-refractivity contribution in [2.24, 2.45) is 5.41 Å². The third-order valence-electron chi connectivity index (χ3n) is 8.69. The normalized spacial score (nSPS) is 17.6. The molecule has 0 radical (unpaired) electrons.